The standard InChI is InChI=1S/C15H19ClF3N3O2/c1-9(7-20-2)14(24)22(3)8-13(23)21-10-4-5-12(16)11(6-10)15(17,18)19/h4-6,9,20H,7-8H2,1-3H3,(H,21,23). The van der Waals surface area contributed by atoms with Crippen molar-refractivity contribution in [3.63, 3.8) is 0 Å². The first-order valence-electron chi connectivity index (χ1n) is 7.12. The van der Waals surface area contributed by atoms with Gasteiger partial charge in [-0.05, 0) is 25.2 Å². The van der Waals surface area contributed by atoms with Crippen LogP contribution in [-0.4, -0.2) is 43.9 Å². The van der Waals surface area contributed by atoms with Crippen LogP contribution in [0.1, 0.15) is 12.5 Å². The first kappa shape index (κ1) is 20.2. The quantitative estimate of drug-likeness (QED) is 0.814. The molecule has 134 valence electrons. The molecule has 0 aliphatic carbocycles. The fraction of sp³-hybridized carbons (Fsp3) is 0.467. The van der Waals surface area contributed by atoms with E-state index in [0.717, 1.165) is 12.1 Å². The molecule has 0 radical (unpaired) electrons. The van der Waals surface area contributed by atoms with E-state index in [1.807, 2.05) is 0 Å². The third kappa shape index (κ3) is 5.68. The van der Waals surface area contributed by atoms with E-state index in [2.05, 4.69) is 10.6 Å². The summed E-state index contributed by atoms with van der Waals surface area (Å²) in [6.45, 7) is 1.90. The van der Waals surface area contributed by atoms with Gasteiger partial charge in [0.25, 0.3) is 0 Å². The number of alkyl halides is 3. The number of likely N-dealkylation sites (N-methyl/N-ethyl adjacent to an activating group) is 1. The van der Waals surface area contributed by atoms with Gasteiger partial charge < -0.3 is 15.5 Å². The van der Waals surface area contributed by atoms with Crippen molar-refractivity contribution in [2.75, 3.05) is 32.5 Å². The molecule has 0 bridgehead atoms. The first-order valence-corrected chi connectivity index (χ1v) is 7.50. The summed E-state index contributed by atoms with van der Waals surface area (Å²) in [5, 5.41) is 4.74. The Morgan fingerprint density at radius 2 is 1.96 bits per heavy atom. The number of rotatable bonds is 6. The predicted octanol–water partition coefficient (Wildman–Crippen LogP) is 2.61. The molecule has 0 saturated heterocycles. The summed E-state index contributed by atoms with van der Waals surface area (Å²) >= 11 is 5.52. The lowest BCUT2D eigenvalue weighted by molar-refractivity contribution is -0.137. The van der Waals surface area contributed by atoms with E-state index in [0.29, 0.717) is 6.54 Å². The number of benzene rings is 1. The van der Waals surface area contributed by atoms with E-state index in [1.54, 1.807) is 14.0 Å². The Morgan fingerprint density at radius 3 is 2.50 bits per heavy atom. The summed E-state index contributed by atoms with van der Waals surface area (Å²) < 4.78 is 38.4. The van der Waals surface area contributed by atoms with E-state index in [1.165, 1.54) is 18.0 Å². The maximum absolute atomic E-state index is 12.8. The van der Waals surface area contributed by atoms with Gasteiger partial charge in [0.05, 0.1) is 17.1 Å². The van der Waals surface area contributed by atoms with E-state index in [9.17, 15) is 22.8 Å². The molecule has 2 amide bonds. The maximum atomic E-state index is 12.8. The van der Waals surface area contributed by atoms with Gasteiger partial charge in [-0.2, -0.15) is 13.2 Å². The lowest BCUT2D eigenvalue weighted by atomic mass is 10.1. The number of carbonyl (C=O) groups is 2. The van der Waals surface area contributed by atoms with Crippen molar-refractivity contribution in [3.8, 4) is 0 Å². The Bertz CT molecular complexity index is 608. The van der Waals surface area contributed by atoms with Crippen molar-refractivity contribution in [2.45, 2.75) is 13.1 Å². The molecule has 0 spiro atoms. The molecule has 1 unspecified atom stereocenters. The summed E-state index contributed by atoms with van der Waals surface area (Å²) in [6, 6.07) is 3.08. The number of nitrogens with one attached hydrogen (secondary N) is 2. The van der Waals surface area contributed by atoms with E-state index in [-0.39, 0.29) is 24.1 Å². The third-order valence-electron chi connectivity index (χ3n) is 3.24. The Hall–Kier alpha value is -1.80. The van der Waals surface area contributed by atoms with E-state index < -0.39 is 22.7 Å². The highest BCUT2D eigenvalue weighted by atomic mass is 35.5. The monoisotopic (exact) mass is 365 g/mol. The van der Waals surface area contributed by atoms with Gasteiger partial charge in [-0.3, -0.25) is 9.59 Å². The minimum absolute atomic E-state index is 0.0409. The molecule has 1 aromatic carbocycles. The zero-order valence-electron chi connectivity index (χ0n) is 13.5. The third-order valence-corrected chi connectivity index (χ3v) is 3.57. The average Bonchev–Trinajstić information content (AvgIpc) is 2.47. The van der Waals surface area contributed by atoms with Crippen LogP contribution in [0.3, 0.4) is 0 Å². The molecule has 1 rings (SSSR count). The van der Waals surface area contributed by atoms with Gasteiger partial charge in [0.15, 0.2) is 0 Å². The molecule has 9 heteroatoms. The number of hydrogen-bond donors (Lipinski definition) is 2. The molecular formula is C15H19ClF3N3O2. The highest BCUT2D eigenvalue weighted by Crippen LogP contribution is 2.36. The van der Waals surface area contributed by atoms with Gasteiger partial charge >= 0.3 is 6.18 Å². The number of carbonyl (C=O) groups excluding carboxylic acids is 2. The number of amides is 2. The molecule has 24 heavy (non-hydrogen) atoms. The van der Waals surface area contributed by atoms with Crippen molar-refractivity contribution in [1.29, 1.82) is 0 Å². The maximum Gasteiger partial charge on any atom is 0.417 e. The van der Waals surface area contributed by atoms with Gasteiger partial charge in [0.2, 0.25) is 11.8 Å². The fourth-order valence-electron chi connectivity index (χ4n) is 2.08. The van der Waals surface area contributed by atoms with Crippen LogP contribution in [-0.2, 0) is 15.8 Å². The van der Waals surface area contributed by atoms with Crippen LogP contribution in [0.5, 0.6) is 0 Å². The van der Waals surface area contributed by atoms with E-state index in [4.69, 9.17) is 11.6 Å². The van der Waals surface area contributed by atoms with Crippen LogP contribution < -0.4 is 10.6 Å². The summed E-state index contributed by atoms with van der Waals surface area (Å²) in [5.41, 5.74) is -1.07. The van der Waals surface area contributed by atoms with Gasteiger partial charge in [-0.15, -0.1) is 0 Å². The molecule has 0 saturated carbocycles. The molecule has 1 aromatic rings. The van der Waals surface area contributed by atoms with E-state index >= 15 is 0 Å². The van der Waals surface area contributed by atoms with Gasteiger partial charge in [0.1, 0.15) is 0 Å². The Morgan fingerprint density at radius 1 is 1.33 bits per heavy atom. The second kappa shape index (κ2) is 8.34. The Labute approximate surface area is 143 Å². The number of nitrogens with zero attached hydrogens (tertiary/aromatic N) is 1. The average molecular weight is 366 g/mol. The second-order valence-corrected chi connectivity index (χ2v) is 5.80. The lowest BCUT2D eigenvalue weighted by Crippen LogP contribution is -2.40. The summed E-state index contributed by atoms with van der Waals surface area (Å²) in [4.78, 5) is 25.1. The number of anilines is 1. The van der Waals surface area contributed by atoms with Crippen LogP contribution in [0.15, 0.2) is 18.2 Å². The minimum Gasteiger partial charge on any atom is -0.336 e. The minimum atomic E-state index is -4.62. The summed E-state index contributed by atoms with van der Waals surface area (Å²) in [7, 11) is 3.16. The number of halogens is 4. The van der Waals surface area contributed by atoms with Crippen LogP contribution in [0.2, 0.25) is 5.02 Å². The molecule has 0 heterocycles. The van der Waals surface area contributed by atoms with Crippen LogP contribution in [0, 0.1) is 5.92 Å². The van der Waals surface area contributed by atoms with Crippen molar-refractivity contribution >= 4 is 29.1 Å². The summed E-state index contributed by atoms with van der Waals surface area (Å²) in [5.74, 6) is -1.16. The largest absolute Gasteiger partial charge is 0.417 e. The van der Waals surface area contributed by atoms with Crippen molar-refractivity contribution in [1.82, 2.24) is 10.2 Å². The highest BCUT2D eigenvalue weighted by molar-refractivity contribution is 6.31. The van der Waals surface area contributed by atoms with Gasteiger partial charge in [-0.25, -0.2) is 0 Å². The normalized spacial score (nSPS) is 12.6. The topological polar surface area (TPSA) is 61.4 Å². The van der Waals surface area contributed by atoms with Crippen LogP contribution >= 0.6 is 11.6 Å². The molecule has 5 nitrogen and oxygen atoms in total. The first-order chi connectivity index (χ1) is 11.1. The predicted molar refractivity (Wildman–Crippen MR) is 85.8 cm³/mol. The molecule has 0 aromatic heterocycles. The van der Waals surface area contributed by atoms with Crippen molar-refractivity contribution in [2.24, 2.45) is 5.92 Å². The van der Waals surface area contributed by atoms with Gasteiger partial charge in [-0.1, -0.05) is 18.5 Å². The van der Waals surface area contributed by atoms with Crippen LogP contribution in [0.25, 0.3) is 0 Å². The Balaban J connectivity index is 2.73. The Kier molecular flexibility index (Phi) is 7.04. The molecule has 0 aliphatic rings. The van der Waals surface area contributed by atoms with Gasteiger partial charge in [0, 0.05) is 25.2 Å². The van der Waals surface area contributed by atoms with Crippen LogP contribution in [0.4, 0.5) is 18.9 Å². The SMILES string of the molecule is CNCC(C)C(=O)N(C)CC(=O)Nc1ccc(Cl)c(C(F)(F)F)c1. The summed E-state index contributed by atoms with van der Waals surface area (Å²) in [6.07, 6.45) is -4.62. The highest BCUT2D eigenvalue weighted by Gasteiger charge is 2.33. The molecule has 0 aliphatic heterocycles. The zero-order valence-corrected chi connectivity index (χ0v) is 14.3. The smallest absolute Gasteiger partial charge is 0.336 e. The van der Waals surface area contributed by atoms with Crippen molar-refractivity contribution in [3.05, 3.63) is 28.8 Å². The second-order valence-electron chi connectivity index (χ2n) is 5.39. The molecule has 2 N–H and O–H groups in total. The molecule has 1 atom stereocenters. The number of hydrogen-bond acceptors (Lipinski definition) is 3. The van der Waals surface area contributed by atoms with Crippen molar-refractivity contribution < 1.29 is 22.8 Å². The fourth-order valence-corrected chi connectivity index (χ4v) is 2.31. The zero-order chi connectivity index (χ0) is 18.5. The molecule has 0 fully saturated rings. The lowest BCUT2D eigenvalue weighted by Gasteiger charge is -2.21. The molecular weight excluding hydrogens is 347 g/mol.